The number of aromatic nitrogens is 2. The van der Waals surface area contributed by atoms with Crippen molar-refractivity contribution >= 4 is 34.4 Å². The fraction of sp³-hybridized carbons (Fsp3) is 0.158. The number of amides is 1. The molecule has 1 aromatic heterocycles. The van der Waals surface area contributed by atoms with E-state index < -0.39 is 28.5 Å². The highest BCUT2D eigenvalue weighted by molar-refractivity contribution is 8.00. The van der Waals surface area contributed by atoms with Gasteiger partial charge in [0.2, 0.25) is 5.91 Å². The van der Waals surface area contributed by atoms with E-state index in [1.54, 1.807) is 13.0 Å². The highest BCUT2D eigenvalue weighted by atomic mass is 32.2. The van der Waals surface area contributed by atoms with Gasteiger partial charge in [0.05, 0.1) is 16.3 Å². The van der Waals surface area contributed by atoms with Crippen LogP contribution in [-0.2, 0) is 11.3 Å². The zero-order valence-corrected chi connectivity index (χ0v) is 14.9. The molecule has 1 heterocycles. The summed E-state index contributed by atoms with van der Waals surface area (Å²) in [5.41, 5.74) is 1.30. The summed E-state index contributed by atoms with van der Waals surface area (Å²) >= 11 is 1.22. The average Bonchev–Trinajstić information content (AvgIpc) is 2.96. The van der Waals surface area contributed by atoms with E-state index in [1.165, 1.54) is 17.8 Å². The summed E-state index contributed by atoms with van der Waals surface area (Å²) < 4.78 is 29.4. The summed E-state index contributed by atoms with van der Waals surface area (Å²) in [5.74, 6) is -2.12. The molecule has 1 amide bonds. The molecule has 0 spiro atoms. The molecule has 7 heteroatoms. The molecule has 1 N–H and O–H groups in total. The van der Waals surface area contributed by atoms with Gasteiger partial charge in [-0.2, -0.15) is 0 Å². The molecule has 1 unspecified atom stereocenters. The van der Waals surface area contributed by atoms with Gasteiger partial charge in [0.15, 0.2) is 5.16 Å². The largest absolute Gasteiger partial charge is 0.320 e. The van der Waals surface area contributed by atoms with Gasteiger partial charge in [-0.1, -0.05) is 36.0 Å². The third kappa shape index (κ3) is 3.62. The van der Waals surface area contributed by atoms with Gasteiger partial charge in [0.1, 0.15) is 17.3 Å². The van der Waals surface area contributed by atoms with E-state index in [1.807, 2.05) is 28.8 Å². The molecule has 0 bridgehead atoms. The predicted molar refractivity (Wildman–Crippen MR) is 100 cm³/mol. The monoisotopic (exact) mass is 373 g/mol. The van der Waals surface area contributed by atoms with Crippen LogP contribution < -0.4 is 5.32 Å². The maximum Gasteiger partial charge on any atom is 0.237 e. The molecule has 3 aromatic rings. The molecule has 0 aliphatic heterocycles. The van der Waals surface area contributed by atoms with Gasteiger partial charge in [-0.25, -0.2) is 13.8 Å². The van der Waals surface area contributed by atoms with E-state index in [-0.39, 0.29) is 0 Å². The molecule has 0 saturated carbocycles. The first kappa shape index (κ1) is 18.1. The number of nitrogens with zero attached hydrogens (tertiary/aromatic N) is 2. The van der Waals surface area contributed by atoms with Crippen LogP contribution >= 0.6 is 11.8 Å². The topological polar surface area (TPSA) is 46.9 Å². The van der Waals surface area contributed by atoms with Crippen molar-refractivity contribution in [1.29, 1.82) is 0 Å². The van der Waals surface area contributed by atoms with Gasteiger partial charge in [-0.05, 0) is 31.2 Å². The molecule has 0 saturated heterocycles. The number of halogens is 2. The molecule has 4 nitrogen and oxygen atoms in total. The van der Waals surface area contributed by atoms with E-state index in [4.69, 9.17) is 0 Å². The van der Waals surface area contributed by atoms with Crippen LogP contribution in [0.4, 0.5) is 14.5 Å². The Bertz CT molecular complexity index is 950. The van der Waals surface area contributed by atoms with E-state index in [0.29, 0.717) is 11.7 Å². The van der Waals surface area contributed by atoms with Gasteiger partial charge in [0.25, 0.3) is 0 Å². The number of fused-ring (bicyclic) bond motifs is 1. The lowest BCUT2D eigenvalue weighted by molar-refractivity contribution is -0.115. The van der Waals surface area contributed by atoms with Gasteiger partial charge < -0.3 is 9.88 Å². The number of benzene rings is 2. The number of rotatable bonds is 6. The van der Waals surface area contributed by atoms with Crippen molar-refractivity contribution in [3.05, 3.63) is 66.8 Å². The van der Waals surface area contributed by atoms with Crippen LogP contribution in [0.15, 0.2) is 60.3 Å². The Labute approximate surface area is 153 Å². The first-order chi connectivity index (χ1) is 12.5. The minimum atomic E-state index is -0.811. The first-order valence-corrected chi connectivity index (χ1v) is 8.87. The number of anilines is 1. The second-order valence-electron chi connectivity index (χ2n) is 5.63. The number of carbonyl (C=O) groups is 1. The summed E-state index contributed by atoms with van der Waals surface area (Å²) in [7, 11) is 0. The Morgan fingerprint density at radius 2 is 1.96 bits per heavy atom. The lowest BCUT2D eigenvalue weighted by Crippen LogP contribution is -2.24. The first-order valence-electron chi connectivity index (χ1n) is 7.99. The van der Waals surface area contributed by atoms with Crippen LogP contribution in [0, 0.1) is 11.6 Å². The Morgan fingerprint density at radius 3 is 2.65 bits per heavy atom. The fourth-order valence-electron chi connectivity index (χ4n) is 2.50. The smallest absolute Gasteiger partial charge is 0.237 e. The molecule has 134 valence electrons. The molecule has 0 fully saturated rings. The van der Waals surface area contributed by atoms with Crippen LogP contribution in [0.25, 0.3) is 11.0 Å². The Balaban J connectivity index is 1.82. The number of nitrogens with one attached hydrogen (secondary N) is 1. The molecule has 2 aromatic carbocycles. The Kier molecular flexibility index (Phi) is 5.37. The third-order valence-electron chi connectivity index (χ3n) is 3.79. The number of allylic oxidation sites excluding steroid dienone is 1. The summed E-state index contributed by atoms with van der Waals surface area (Å²) in [6.07, 6.45) is 1.75. The highest BCUT2D eigenvalue weighted by Crippen LogP contribution is 2.28. The highest BCUT2D eigenvalue weighted by Gasteiger charge is 2.21. The standard InChI is InChI=1S/C19H17F2N3OS/c1-3-11-24-16-10-5-4-9-15(16)22-19(24)26-12(2)18(25)23-17-13(20)7-6-8-14(17)21/h3-10,12H,1,11H2,2H3,(H,23,25). The van der Waals surface area contributed by atoms with Crippen LogP contribution in [-0.4, -0.2) is 20.7 Å². The number of imidazole rings is 1. The van der Waals surface area contributed by atoms with Crippen molar-refractivity contribution in [3.63, 3.8) is 0 Å². The van der Waals surface area contributed by atoms with E-state index >= 15 is 0 Å². The van der Waals surface area contributed by atoms with Gasteiger partial charge in [-0.15, -0.1) is 6.58 Å². The maximum absolute atomic E-state index is 13.7. The summed E-state index contributed by atoms with van der Waals surface area (Å²) in [6, 6.07) is 11.1. The molecule has 1 atom stereocenters. The van der Waals surface area contributed by atoms with Crippen molar-refractivity contribution in [2.45, 2.75) is 23.9 Å². The van der Waals surface area contributed by atoms with Gasteiger partial charge >= 0.3 is 0 Å². The molecular formula is C19H17F2N3OS. The summed E-state index contributed by atoms with van der Waals surface area (Å²) in [6.45, 7) is 5.96. The summed E-state index contributed by atoms with van der Waals surface area (Å²) in [5, 5.41) is 2.36. The number of carbonyl (C=O) groups excluding carboxylic acids is 1. The Hall–Kier alpha value is -2.67. The zero-order chi connectivity index (χ0) is 18.7. The van der Waals surface area contributed by atoms with Crippen LogP contribution in [0.1, 0.15) is 6.92 Å². The SMILES string of the molecule is C=CCn1c(SC(C)C(=O)Nc2c(F)cccc2F)nc2ccccc21. The maximum atomic E-state index is 13.7. The van der Waals surface area contributed by atoms with Gasteiger partial charge in [0, 0.05) is 6.54 Å². The zero-order valence-electron chi connectivity index (χ0n) is 14.1. The number of thioether (sulfide) groups is 1. The minimum absolute atomic E-state index is 0.440. The van der Waals surface area contributed by atoms with Crippen molar-refractivity contribution in [2.24, 2.45) is 0 Å². The second kappa shape index (κ2) is 7.70. The van der Waals surface area contributed by atoms with Crippen LogP contribution in [0.5, 0.6) is 0 Å². The van der Waals surface area contributed by atoms with Crippen molar-refractivity contribution < 1.29 is 13.6 Å². The number of hydrogen-bond acceptors (Lipinski definition) is 3. The normalized spacial score (nSPS) is 12.1. The molecule has 3 rings (SSSR count). The van der Waals surface area contributed by atoms with Gasteiger partial charge in [-0.3, -0.25) is 4.79 Å². The molecule has 26 heavy (non-hydrogen) atoms. The second-order valence-corrected chi connectivity index (χ2v) is 6.94. The molecule has 0 radical (unpaired) electrons. The third-order valence-corrected chi connectivity index (χ3v) is 4.88. The Morgan fingerprint density at radius 1 is 1.27 bits per heavy atom. The fourth-order valence-corrected chi connectivity index (χ4v) is 3.44. The average molecular weight is 373 g/mol. The summed E-state index contributed by atoms with van der Waals surface area (Å²) in [4.78, 5) is 16.9. The van der Waals surface area contributed by atoms with Crippen molar-refractivity contribution in [3.8, 4) is 0 Å². The lowest BCUT2D eigenvalue weighted by atomic mass is 10.3. The van der Waals surface area contributed by atoms with Crippen molar-refractivity contribution in [1.82, 2.24) is 9.55 Å². The minimum Gasteiger partial charge on any atom is -0.320 e. The number of para-hydroxylation sites is 3. The van der Waals surface area contributed by atoms with Crippen molar-refractivity contribution in [2.75, 3.05) is 5.32 Å². The molecule has 0 aliphatic carbocycles. The number of hydrogen-bond donors (Lipinski definition) is 1. The van der Waals surface area contributed by atoms with E-state index in [2.05, 4.69) is 16.9 Å². The van der Waals surface area contributed by atoms with E-state index in [9.17, 15) is 13.6 Å². The quantitative estimate of drug-likeness (QED) is 0.507. The lowest BCUT2D eigenvalue weighted by Gasteiger charge is -2.13. The van der Waals surface area contributed by atoms with Crippen LogP contribution in [0.3, 0.4) is 0 Å². The molecular weight excluding hydrogens is 356 g/mol. The van der Waals surface area contributed by atoms with Crippen LogP contribution in [0.2, 0.25) is 0 Å². The molecule has 0 aliphatic rings. The predicted octanol–water partition coefficient (Wildman–Crippen LogP) is 4.62. The van der Waals surface area contributed by atoms with E-state index in [0.717, 1.165) is 23.2 Å².